The summed E-state index contributed by atoms with van der Waals surface area (Å²) in [5.74, 6) is 0.582. The number of nitro benzene ring substituents is 1. The average molecular weight is 433 g/mol. The quantitative estimate of drug-likeness (QED) is 0.249. The van der Waals surface area contributed by atoms with Gasteiger partial charge in [-0.2, -0.15) is 0 Å². The molecule has 1 aromatic carbocycles. The van der Waals surface area contributed by atoms with Gasteiger partial charge in [-0.25, -0.2) is 0 Å². The smallest absolute Gasteiger partial charge is 0.269 e. The summed E-state index contributed by atoms with van der Waals surface area (Å²) in [6, 6.07) is 7.18. The molecule has 2 aromatic heterocycles. The minimum atomic E-state index is -0.512. The molecule has 29 heavy (non-hydrogen) atoms. The van der Waals surface area contributed by atoms with Crippen molar-refractivity contribution >= 4 is 51.4 Å². The van der Waals surface area contributed by atoms with Crippen LogP contribution in [0.1, 0.15) is 21.9 Å². The van der Waals surface area contributed by atoms with Gasteiger partial charge in [-0.1, -0.05) is 23.1 Å². The van der Waals surface area contributed by atoms with Crippen LogP contribution in [-0.2, 0) is 4.79 Å². The maximum Gasteiger partial charge on any atom is 0.269 e. The summed E-state index contributed by atoms with van der Waals surface area (Å²) in [6.45, 7) is 3.46. The van der Waals surface area contributed by atoms with Gasteiger partial charge in [-0.05, 0) is 32.0 Å². The Balaban J connectivity index is 1.51. The van der Waals surface area contributed by atoms with Crippen molar-refractivity contribution in [2.24, 2.45) is 0 Å². The van der Waals surface area contributed by atoms with Crippen molar-refractivity contribution in [3.05, 3.63) is 57.5 Å². The lowest BCUT2D eigenvalue weighted by atomic mass is 10.2. The number of carbonyl (C=O) groups is 2. The lowest BCUT2D eigenvalue weighted by Gasteiger charge is -2.03. The molecular weight excluding hydrogens is 418 g/mol. The normalized spacial score (nSPS) is 10.6. The highest BCUT2D eigenvalue weighted by atomic mass is 32.2. The molecule has 2 heterocycles. The number of aromatic nitrogens is 2. The number of anilines is 2. The first-order chi connectivity index (χ1) is 13.8. The molecule has 0 saturated carbocycles. The number of nitrogens with one attached hydrogen (secondary N) is 2. The zero-order chi connectivity index (χ0) is 21.0. The predicted molar refractivity (Wildman–Crippen MR) is 108 cm³/mol. The van der Waals surface area contributed by atoms with Crippen LogP contribution >= 0.6 is 23.1 Å². The van der Waals surface area contributed by atoms with Gasteiger partial charge >= 0.3 is 0 Å². The Morgan fingerprint density at radius 1 is 1.21 bits per heavy atom. The van der Waals surface area contributed by atoms with Crippen LogP contribution in [-0.4, -0.2) is 32.7 Å². The number of carbonyl (C=O) groups excluding carboxylic acids is 2. The van der Waals surface area contributed by atoms with Gasteiger partial charge in [0.15, 0.2) is 4.34 Å². The largest absolute Gasteiger partial charge is 0.466 e. The van der Waals surface area contributed by atoms with Gasteiger partial charge in [0, 0.05) is 17.8 Å². The first-order valence-electron chi connectivity index (χ1n) is 8.21. The number of nitrogens with zero attached hydrogens (tertiary/aromatic N) is 3. The number of furan rings is 1. The summed E-state index contributed by atoms with van der Waals surface area (Å²) in [6.07, 6.45) is 0. The molecule has 0 bridgehead atoms. The zero-order valence-electron chi connectivity index (χ0n) is 15.3. The SMILES string of the molecule is Cc1cc(C(=O)Nc2nnc(SCC(=O)Nc3ccc([N+](=O)[O-])cc3)s2)c(C)o1. The third-order valence-electron chi connectivity index (χ3n) is 3.60. The Labute approximate surface area is 172 Å². The molecule has 2 N–H and O–H groups in total. The molecule has 10 nitrogen and oxygen atoms in total. The molecule has 0 saturated heterocycles. The van der Waals surface area contributed by atoms with Gasteiger partial charge in [0.25, 0.3) is 11.6 Å². The number of thioether (sulfide) groups is 1. The van der Waals surface area contributed by atoms with Crippen LogP contribution in [0.3, 0.4) is 0 Å². The summed E-state index contributed by atoms with van der Waals surface area (Å²) in [5.41, 5.74) is 0.827. The number of nitro groups is 1. The second kappa shape index (κ2) is 8.84. The van der Waals surface area contributed by atoms with Gasteiger partial charge in [-0.15, -0.1) is 10.2 Å². The number of hydrogen-bond donors (Lipinski definition) is 2. The average Bonchev–Trinajstić information content (AvgIpc) is 3.26. The molecular formula is C17H15N5O5S2. The fraction of sp³-hybridized carbons (Fsp3) is 0.176. The maximum atomic E-state index is 12.2. The summed E-state index contributed by atoms with van der Waals surface area (Å²) in [4.78, 5) is 34.4. The van der Waals surface area contributed by atoms with Crippen LogP contribution in [0.15, 0.2) is 39.1 Å². The minimum absolute atomic E-state index is 0.0541. The number of benzene rings is 1. The van der Waals surface area contributed by atoms with Gasteiger partial charge in [0.1, 0.15) is 11.5 Å². The molecule has 3 rings (SSSR count). The molecule has 0 aliphatic carbocycles. The number of hydrogen-bond acceptors (Lipinski definition) is 9. The first-order valence-corrected chi connectivity index (χ1v) is 10.0. The highest BCUT2D eigenvalue weighted by Crippen LogP contribution is 2.26. The highest BCUT2D eigenvalue weighted by molar-refractivity contribution is 8.01. The lowest BCUT2D eigenvalue weighted by molar-refractivity contribution is -0.384. The predicted octanol–water partition coefficient (Wildman–Crippen LogP) is 3.64. The Hall–Kier alpha value is -3.25. The van der Waals surface area contributed by atoms with Crippen molar-refractivity contribution in [3.63, 3.8) is 0 Å². The fourth-order valence-electron chi connectivity index (χ4n) is 2.33. The van der Waals surface area contributed by atoms with Crippen molar-refractivity contribution < 1.29 is 18.9 Å². The van der Waals surface area contributed by atoms with E-state index in [-0.39, 0.29) is 23.3 Å². The van der Waals surface area contributed by atoms with E-state index < -0.39 is 4.92 Å². The van der Waals surface area contributed by atoms with Crippen LogP contribution < -0.4 is 10.6 Å². The van der Waals surface area contributed by atoms with Crippen LogP contribution in [0.4, 0.5) is 16.5 Å². The molecule has 0 fully saturated rings. The van der Waals surface area contributed by atoms with Gasteiger partial charge in [-0.3, -0.25) is 25.0 Å². The molecule has 150 valence electrons. The molecule has 12 heteroatoms. The molecule has 3 aromatic rings. The minimum Gasteiger partial charge on any atom is -0.466 e. The second-order valence-corrected chi connectivity index (χ2v) is 7.99. The number of aryl methyl sites for hydroxylation is 2. The topological polar surface area (TPSA) is 140 Å². The van der Waals surface area contributed by atoms with Crippen molar-refractivity contribution in [3.8, 4) is 0 Å². The van der Waals surface area contributed by atoms with E-state index in [2.05, 4.69) is 20.8 Å². The van der Waals surface area contributed by atoms with Crippen molar-refractivity contribution in [2.45, 2.75) is 18.2 Å². The van der Waals surface area contributed by atoms with Crippen LogP contribution in [0.25, 0.3) is 0 Å². The van der Waals surface area contributed by atoms with E-state index in [1.165, 1.54) is 24.3 Å². The van der Waals surface area contributed by atoms with Crippen molar-refractivity contribution in [2.75, 3.05) is 16.4 Å². The van der Waals surface area contributed by atoms with Crippen LogP contribution in [0, 0.1) is 24.0 Å². The molecule has 0 unspecified atom stereocenters. The van der Waals surface area contributed by atoms with E-state index in [1.807, 2.05) is 0 Å². The van der Waals surface area contributed by atoms with E-state index in [9.17, 15) is 19.7 Å². The van der Waals surface area contributed by atoms with Crippen molar-refractivity contribution in [1.82, 2.24) is 10.2 Å². The summed E-state index contributed by atoms with van der Waals surface area (Å²) in [7, 11) is 0. The maximum absolute atomic E-state index is 12.2. The summed E-state index contributed by atoms with van der Waals surface area (Å²) in [5, 5.41) is 24.1. The van der Waals surface area contributed by atoms with Crippen molar-refractivity contribution in [1.29, 1.82) is 0 Å². The van der Waals surface area contributed by atoms with E-state index in [0.717, 1.165) is 23.1 Å². The Morgan fingerprint density at radius 3 is 2.55 bits per heavy atom. The Bertz CT molecular complexity index is 1060. The molecule has 2 amide bonds. The summed E-state index contributed by atoms with van der Waals surface area (Å²) < 4.78 is 5.85. The Morgan fingerprint density at radius 2 is 1.93 bits per heavy atom. The summed E-state index contributed by atoms with van der Waals surface area (Å²) >= 11 is 2.31. The van der Waals surface area contributed by atoms with Gasteiger partial charge in [0.05, 0.1) is 16.2 Å². The number of non-ortho nitro benzene ring substituents is 1. The third-order valence-corrected chi connectivity index (χ3v) is 5.57. The molecule has 0 aliphatic rings. The first kappa shape index (κ1) is 20.5. The third kappa shape index (κ3) is 5.39. The van der Waals surface area contributed by atoms with Gasteiger partial charge in [0.2, 0.25) is 11.0 Å². The fourth-order valence-corrected chi connectivity index (χ4v) is 3.88. The molecule has 0 spiro atoms. The lowest BCUT2D eigenvalue weighted by Crippen LogP contribution is -2.13. The van der Waals surface area contributed by atoms with E-state index in [4.69, 9.17) is 4.42 Å². The van der Waals surface area contributed by atoms with Crippen LogP contribution in [0.2, 0.25) is 0 Å². The second-order valence-electron chi connectivity index (χ2n) is 5.79. The van der Waals surface area contributed by atoms with Crippen LogP contribution in [0.5, 0.6) is 0 Å². The Kier molecular flexibility index (Phi) is 6.24. The molecule has 0 aliphatic heterocycles. The van der Waals surface area contributed by atoms with E-state index in [0.29, 0.717) is 32.2 Å². The molecule has 0 atom stereocenters. The van der Waals surface area contributed by atoms with E-state index in [1.54, 1.807) is 19.9 Å². The highest BCUT2D eigenvalue weighted by Gasteiger charge is 2.16. The van der Waals surface area contributed by atoms with E-state index >= 15 is 0 Å². The van der Waals surface area contributed by atoms with Gasteiger partial charge < -0.3 is 9.73 Å². The molecule has 0 radical (unpaired) electrons. The standard InChI is InChI=1S/C17H15N5O5S2/c1-9-7-13(10(2)27-9)15(24)19-16-20-21-17(29-16)28-8-14(23)18-11-3-5-12(6-4-11)22(25)26/h3-7H,8H2,1-2H3,(H,18,23)(H,19,20,24). The number of rotatable bonds is 7. The number of amides is 2. The monoisotopic (exact) mass is 433 g/mol. The zero-order valence-corrected chi connectivity index (χ0v) is 16.9.